The van der Waals surface area contributed by atoms with Crippen LogP contribution in [0.3, 0.4) is 0 Å². The average Bonchev–Trinajstić information content (AvgIpc) is 2.42. The number of hydrogen-bond acceptors (Lipinski definition) is 4. The molecule has 0 atom stereocenters. The lowest BCUT2D eigenvalue weighted by Gasteiger charge is -2.23. The summed E-state index contributed by atoms with van der Waals surface area (Å²) >= 11 is 1.80. The van der Waals surface area contributed by atoms with Gasteiger partial charge in [0, 0.05) is 11.6 Å². The first-order chi connectivity index (χ1) is 9.44. The first-order valence-electron chi connectivity index (χ1n) is 6.44. The van der Waals surface area contributed by atoms with Crippen molar-refractivity contribution in [2.24, 2.45) is 0 Å². The van der Waals surface area contributed by atoms with E-state index >= 15 is 0 Å². The minimum absolute atomic E-state index is 0.0832. The van der Waals surface area contributed by atoms with Crippen molar-refractivity contribution in [3.05, 3.63) is 29.1 Å². The summed E-state index contributed by atoms with van der Waals surface area (Å²) in [5, 5.41) is 9.08. The van der Waals surface area contributed by atoms with Gasteiger partial charge < -0.3 is 5.11 Å². The van der Waals surface area contributed by atoms with Gasteiger partial charge in [-0.2, -0.15) is 11.8 Å². The van der Waals surface area contributed by atoms with E-state index in [1.165, 1.54) is 13.0 Å². The molecule has 2 rings (SSSR count). The van der Waals surface area contributed by atoms with E-state index in [-0.39, 0.29) is 28.7 Å². The predicted octanol–water partition coefficient (Wildman–Crippen LogP) is 1.80. The number of benzene rings is 1. The van der Waals surface area contributed by atoms with Crippen molar-refractivity contribution >= 4 is 21.8 Å². The van der Waals surface area contributed by atoms with Crippen molar-refractivity contribution < 1.29 is 17.9 Å². The highest BCUT2D eigenvalue weighted by molar-refractivity contribution is 7.99. The van der Waals surface area contributed by atoms with E-state index in [1.54, 1.807) is 11.8 Å². The van der Waals surface area contributed by atoms with Gasteiger partial charge in [0.1, 0.15) is 5.82 Å². The molecule has 0 saturated carbocycles. The summed E-state index contributed by atoms with van der Waals surface area (Å²) in [4.78, 5) is -0.0835. The van der Waals surface area contributed by atoms with Crippen LogP contribution >= 0.6 is 11.8 Å². The molecule has 0 radical (unpaired) electrons. The van der Waals surface area contributed by atoms with Crippen molar-refractivity contribution in [3.63, 3.8) is 0 Å². The highest BCUT2D eigenvalue weighted by atomic mass is 32.2. The molecule has 112 valence electrons. The molecule has 0 spiro atoms. The van der Waals surface area contributed by atoms with Crippen LogP contribution in [-0.4, -0.2) is 31.1 Å². The van der Waals surface area contributed by atoms with Crippen molar-refractivity contribution in [1.82, 2.24) is 4.72 Å². The Kier molecular flexibility index (Phi) is 5.06. The van der Waals surface area contributed by atoms with Gasteiger partial charge in [-0.15, -0.1) is 0 Å². The Morgan fingerprint density at radius 2 is 2.05 bits per heavy atom. The zero-order valence-corrected chi connectivity index (χ0v) is 12.9. The maximum Gasteiger partial charge on any atom is 0.241 e. The fraction of sp³-hybridized carbons (Fsp3) is 0.538. The lowest BCUT2D eigenvalue weighted by molar-refractivity contribution is 0.281. The van der Waals surface area contributed by atoms with E-state index in [4.69, 9.17) is 5.11 Å². The number of thioether (sulfide) groups is 1. The van der Waals surface area contributed by atoms with Crippen LogP contribution in [-0.2, 0) is 16.6 Å². The third-order valence-electron chi connectivity index (χ3n) is 3.37. The smallest absolute Gasteiger partial charge is 0.241 e. The van der Waals surface area contributed by atoms with E-state index in [1.807, 2.05) is 0 Å². The van der Waals surface area contributed by atoms with Crippen LogP contribution in [0.1, 0.15) is 24.0 Å². The molecule has 4 nitrogen and oxygen atoms in total. The number of rotatable bonds is 4. The highest BCUT2D eigenvalue weighted by Gasteiger charge is 2.25. The van der Waals surface area contributed by atoms with E-state index in [9.17, 15) is 12.8 Å². The minimum Gasteiger partial charge on any atom is -0.392 e. The second kappa shape index (κ2) is 6.43. The SMILES string of the molecule is Cc1c(F)cc(CO)cc1S(=O)(=O)NC1CCSCC1. The summed E-state index contributed by atoms with van der Waals surface area (Å²) in [5.74, 6) is 1.24. The Balaban J connectivity index is 2.30. The molecule has 1 aromatic rings. The normalized spacial score (nSPS) is 17.4. The van der Waals surface area contributed by atoms with Gasteiger partial charge in [0.2, 0.25) is 10.0 Å². The lowest BCUT2D eigenvalue weighted by Crippen LogP contribution is -2.37. The standard InChI is InChI=1S/C13H18FNO3S2/c1-9-12(14)6-10(8-16)7-13(9)20(17,18)15-11-2-4-19-5-3-11/h6-7,11,15-16H,2-5,8H2,1H3. The molecule has 1 aliphatic heterocycles. The molecular formula is C13H18FNO3S2. The summed E-state index contributed by atoms with van der Waals surface area (Å²) in [6.07, 6.45) is 1.57. The van der Waals surface area contributed by atoms with E-state index in [0.717, 1.165) is 30.4 Å². The van der Waals surface area contributed by atoms with Crippen LogP contribution in [0.2, 0.25) is 0 Å². The number of aliphatic hydroxyl groups is 1. The molecule has 7 heteroatoms. The van der Waals surface area contributed by atoms with Crippen LogP contribution in [0, 0.1) is 12.7 Å². The van der Waals surface area contributed by atoms with Gasteiger partial charge in [-0.3, -0.25) is 0 Å². The van der Waals surface area contributed by atoms with Crippen molar-refractivity contribution in [3.8, 4) is 0 Å². The molecule has 2 N–H and O–H groups in total. The van der Waals surface area contributed by atoms with Crippen LogP contribution in [0.25, 0.3) is 0 Å². The van der Waals surface area contributed by atoms with Gasteiger partial charge in [-0.25, -0.2) is 17.5 Å². The first kappa shape index (κ1) is 15.8. The summed E-state index contributed by atoms with van der Waals surface area (Å²) < 4.78 is 41.1. The van der Waals surface area contributed by atoms with Gasteiger partial charge in [-0.1, -0.05) is 0 Å². The van der Waals surface area contributed by atoms with Gasteiger partial charge in [0.15, 0.2) is 0 Å². The lowest BCUT2D eigenvalue weighted by atomic mass is 10.1. The Labute approximate surface area is 122 Å². The monoisotopic (exact) mass is 319 g/mol. The van der Waals surface area contributed by atoms with Gasteiger partial charge in [0.25, 0.3) is 0 Å². The number of nitrogens with one attached hydrogen (secondary N) is 1. The van der Waals surface area contributed by atoms with E-state index in [2.05, 4.69) is 4.72 Å². The molecule has 0 amide bonds. The van der Waals surface area contributed by atoms with Crippen molar-refractivity contribution in [2.45, 2.75) is 37.3 Å². The summed E-state index contributed by atoms with van der Waals surface area (Å²) in [6, 6.07) is 2.39. The maximum atomic E-state index is 13.7. The molecule has 1 aromatic carbocycles. The van der Waals surface area contributed by atoms with Crippen LogP contribution in [0.15, 0.2) is 17.0 Å². The highest BCUT2D eigenvalue weighted by Crippen LogP contribution is 2.23. The molecule has 1 fully saturated rings. The summed E-state index contributed by atoms with van der Waals surface area (Å²) in [6.45, 7) is 1.04. The minimum atomic E-state index is -3.76. The number of halogens is 1. The number of aliphatic hydroxyl groups excluding tert-OH is 1. The Morgan fingerprint density at radius 3 is 2.65 bits per heavy atom. The van der Waals surface area contributed by atoms with E-state index in [0.29, 0.717) is 0 Å². The molecule has 1 saturated heterocycles. The maximum absolute atomic E-state index is 13.7. The molecular weight excluding hydrogens is 301 g/mol. The molecule has 0 bridgehead atoms. The third-order valence-corrected chi connectivity index (χ3v) is 6.07. The summed E-state index contributed by atoms with van der Waals surface area (Å²) in [5.41, 5.74) is 0.340. The van der Waals surface area contributed by atoms with Crippen LogP contribution < -0.4 is 4.72 Å². The molecule has 0 aromatic heterocycles. The molecule has 20 heavy (non-hydrogen) atoms. The first-order valence-corrected chi connectivity index (χ1v) is 9.08. The van der Waals surface area contributed by atoms with Crippen molar-refractivity contribution in [2.75, 3.05) is 11.5 Å². The molecule has 1 heterocycles. The van der Waals surface area contributed by atoms with Crippen LogP contribution in [0.5, 0.6) is 0 Å². The van der Waals surface area contributed by atoms with Crippen molar-refractivity contribution in [1.29, 1.82) is 0 Å². The second-order valence-corrected chi connectivity index (χ2v) is 7.77. The topological polar surface area (TPSA) is 66.4 Å². The molecule has 0 aliphatic carbocycles. The van der Waals surface area contributed by atoms with Crippen LogP contribution in [0.4, 0.5) is 4.39 Å². The predicted molar refractivity (Wildman–Crippen MR) is 77.7 cm³/mol. The Morgan fingerprint density at radius 1 is 1.40 bits per heavy atom. The second-order valence-electron chi connectivity index (χ2n) is 4.87. The van der Waals surface area contributed by atoms with Gasteiger partial charge in [0.05, 0.1) is 11.5 Å². The van der Waals surface area contributed by atoms with E-state index < -0.39 is 15.8 Å². The zero-order valence-electron chi connectivity index (χ0n) is 11.2. The quantitative estimate of drug-likeness (QED) is 0.888. The molecule has 0 unspecified atom stereocenters. The Bertz CT molecular complexity index is 584. The fourth-order valence-corrected chi connectivity index (χ4v) is 4.89. The average molecular weight is 319 g/mol. The zero-order chi connectivity index (χ0) is 14.8. The van der Waals surface area contributed by atoms with Gasteiger partial charge in [-0.05, 0) is 49.0 Å². The number of sulfonamides is 1. The Hall–Kier alpha value is -0.630. The van der Waals surface area contributed by atoms with Gasteiger partial charge >= 0.3 is 0 Å². The largest absolute Gasteiger partial charge is 0.392 e. The fourth-order valence-electron chi connectivity index (χ4n) is 2.18. The molecule has 1 aliphatic rings. The third kappa shape index (κ3) is 3.52. The number of hydrogen-bond donors (Lipinski definition) is 2. The summed E-state index contributed by atoms with van der Waals surface area (Å²) in [7, 11) is -3.76.